The normalized spacial score (nSPS) is 10.8. The summed E-state index contributed by atoms with van der Waals surface area (Å²) in [5, 5.41) is 16.9. The van der Waals surface area contributed by atoms with Gasteiger partial charge < -0.3 is 9.67 Å². The molecule has 0 spiro atoms. The molecule has 102 valence electrons. The molecule has 0 fully saturated rings. The summed E-state index contributed by atoms with van der Waals surface area (Å²) in [6.45, 7) is 0.628. The van der Waals surface area contributed by atoms with E-state index in [2.05, 4.69) is 15.3 Å². The van der Waals surface area contributed by atoms with Crippen LogP contribution in [0.1, 0.15) is 16.9 Å². The fourth-order valence-corrected chi connectivity index (χ4v) is 2.21. The van der Waals surface area contributed by atoms with Gasteiger partial charge in [0.1, 0.15) is 5.69 Å². The zero-order valence-corrected chi connectivity index (χ0v) is 11.6. The number of nitrogens with zero attached hydrogens (tertiary/aromatic N) is 5. The van der Waals surface area contributed by atoms with Crippen molar-refractivity contribution in [1.82, 2.24) is 24.5 Å². The highest BCUT2D eigenvalue weighted by Crippen LogP contribution is 2.20. The van der Waals surface area contributed by atoms with Crippen LogP contribution in [0.4, 0.5) is 0 Å². The molecular weight excluding hydrogens is 266 g/mol. The first kappa shape index (κ1) is 13.6. The molecule has 0 amide bonds. The van der Waals surface area contributed by atoms with Gasteiger partial charge in [0.05, 0.1) is 0 Å². The Hall–Kier alpha value is -1.83. The topological polar surface area (TPSA) is 85.8 Å². The second kappa shape index (κ2) is 5.87. The SMILES string of the molecule is CSCCCn1nnc(C(=O)O)c1-c1nccn1C. The molecule has 0 unspecified atom stereocenters. The van der Waals surface area contributed by atoms with Gasteiger partial charge in [0.2, 0.25) is 5.69 Å². The molecule has 0 bridgehead atoms. The lowest BCUT2D eigenvalue weighted by atomic mass is 10.3. The molecule has 2 aromatic rings. The quantitative estimate of drug-likeness (QED) is 0.799. The first-order valence-electron chi connectivity index (χ1n) is 5.78. The average molecular weight is 281 g/mol. The van der Waals surface area contributed by atoms with Crippen LogP contribution >= 0.6 is 11.8 Å². The molecule has 2 aromatic heterocycles. The second-order valence-electron chi connectivity index (χ2n) is 4.02. The number of carbonyl (C=O) groups is 1. The van der Waals surface area contributed by atoms with E-state index in [9.17, 15) is 9.90 Å². The predicted molar refractivity (Wildman–Crippen MR) is 72.2 cm³/mol. The second-order valence-corrected chi connectivity index (χ2v) is 5.01. The largest absolute Gasteiger partial charge is 0.476 e. The zero-order valence-electron chi connectivity index (χ0n) is 10.8. The highest BCUT2D eigenvalue weighted by molar-refractivity contribution is 7.98. The summed E-state index contributed by atoms with van der Waals surface area (Å²) >= 11 is 1.74. The molecule has 8 heteroatoms. The highest BCUT2D eigenvalue weighted by Gasteiger charge is 2.23. The first-order chi connectivity index (χ1) is 9.15. The van der Waals surface area contributed by atoms with Crippen molar-refractivity contribution in [3.8, 4) is 11.5 Å². The van der Waals surface area contributed by atoms with E-state index in [-0.39, 0.29) is 5.69 Å². The molecule has 2 rings (SSSR count). The third-order valence-electron chi connectivity index (χ3n) is 2.69. The summed E-state index contributed by atoms with van der Waals surface area (Å²) in [6, 6.07) is 0. The van der Waals surface area contributed by atoms with Crippen LogP contribution in [0.5, 0.6) is 0 Å². The van der Waals surface area contributed by atoms with E-state index < -0.39 is 5.97 Å². The van der Waals surface area contributed by atoms with Gasteiger partial charge >= 0.3 is 5.97 Å². The molecule has 0 saturated carbocycles. The molecule has 1 N–H and O–H groups in total. The van der Waals surface area contributed by atoms with E-state index in [1.54, 1.807) is 33.4 Å². The van der Waals surface area contributed by atoms with Crippen molar-refractivity contribution in [2.75, 3.05) is 12.0 Å². The molecule has 0 aliphatic heterocycles. The lowest BCUT2D eigenvalue weighted by Gasteiger charge is -2.06. The lowest BCUT2D eigenvalue weighted by Crippen LogP contribution is -2.08. The predicted octanol–water partition coefficient (Wildman–Crippen LogP) is 1.13. The molecule has 0 aromatic carbocycles. The summed E-state index contributed by atoms with van der Waals surface area (Å²) in [5.74, 6) is 0.461. The van der Waals surface area contributed by atoms with Gasteiger partial charge in [-0.25, -0.2) is 14.5 Å². The third-order valence-corrected chi connectivity index (χ3v) is 3.39. The maximum atomic E-state index is 11.2. The van der Waals surface area contributed by atoms with E-state index in [4.69, 9.17) is 0 Å². The van der Waals surface area contributed by atoms with Crippen molar-refractivity contribution in [1.29, 1.82) is 0 Å². The molecule has 0 atom stereocenters. The Balaban J connectivity index is 2.40. The Morgan fingerprint density at radius 1 is 1.53 bits per heavy atom. The van der Waals surface area contributed by atoms with Crippen molar-refractivity contribution in [3.05, 3.63) is 18.1 Å². The standard InChI is InChI=1S/C11H15N5O2S/c1-15-6-4-12-10(15)9-8(11(17)18)13-14-16(9)5-3-7-19-2/h4,6H,3,5,7H2,1-2H3,(H,17,18). The average Bonchev–Trinajstić information content (AvgIpc) is 2.95. The number of aryl methyl sites for hydroxylation is 2. The molecule has 0 aliphatic carbocycles. The van der Waals surface area contributed by atoms with Crippen molar-refractivity contribution < 1.29 is 9.90 Å². The first-order valence-corrected chi connectivity index (χ1v) is 7.18. The van der Waals surface area contributed by atoms with Gasteiger partial charge in [-0.3, -0.25) is 0 Å². The van der Waals surface area contributed by atoms with E-state index in [1.165, 1.54) is 0 Å². The molecule has 19 heavy (non-hydrogen) atoms. The molecule has 2 heterocycles. The minimum Gasteiger partial charge on any atom is -0.476 e. The summed E-state index contributed by atoms with van der Waals surface area (Å²) < 4.78 is 3.37. The van der Waals surface area contributed by atoms with Crippen LogP contribution in [-0.4, -0.2) is 47.6 Å². The number of thioether (sulfide) groups is 1. The number of imidazole rings is 1. The van der Waals surface area contributed by atoms with Crippen molar-refractivity contribution in [3.63, 3.8) is 0 Å². The van der Waals surface area contributed by atoms with Gasteiger partial charge in [-0.1, -0.05) is 5.21 Å². The van der Waals surface area contributed by atoms with Crippen LogP contribution in [0.15, 0.2) is 12.4 Å². The number of carboxylic acid groups (broad SMARTS) is 1. The highest BCUT2D eigenvalue weighted by atomic mass is 32.2. The summed E-state index contributed by atoms with van der Waals surface area (Å²) in [4.78, 5) is 15.4. The Morgan fingerprint density at radius 3 is 2.89 bits per heavy atom. The Bertz CT molecular complexity index is 577. The van der Waals surface area contributed by atoms with Crippen LogP contribution in [-0.2, 0) is 13.6 Å². The third kappa shape index (κ3) is 2.78. The lowest BCUT2D eigenvalue weighted by molar-refractivity contribution is 0.0691. The van der Waals surface area contributed by atoms with Gasteiger partial charge in [0.15, 0.2) is 5.82 Å². The van der Waals surface area contributed by atoms with Gasteiger partial charge in [0, 0.05) is 26.0 Å². The van der Waals surface area contributed by atoms with E-state index >= 15 is 0 Å². The summed E-state index contributed by atoms with van der Waals surface area (Å²) in [6.07, 6.45) is 6.32. The minimum atomic E-state index is -1.09. The molecule has 7 nitrogen and oxygen atoms in total. The minimum absolute atomic E-state index is 0.0570. The molecular formula is C11H15N5O2S. The van der Waals surface area contributed by atoms with E-state index in [0.29, 0.717) is 18.1 Å². The van der Waals surface area contributed by atoms with Crippen LogP contribution in [0, 0.1) is 0 Å². The van der Waals surface area contributed by atoms with Gasteiger partial charge in [-0.2, -0.15) is 11.8 Å². The Morgan fingerprint density at radius 2 is 2.32 bits per heavy atom. The Labute approximate surface area is 114 Å². The van der Waals surface area contributed by atoms with Crippen molar-refractivity contribution in [2.45, 2.75) is 13.0 Å². The van der Waals surface area contributed by atoms with E-state index in [0.717, 1.165) is 12.2 Å². The number of carboxylic acids is 1. The number of aromatic nitrogens is 5. The van der Waals surface area contributed by atoms with Crippen LogP contribution in [0.2, 0.25) is 0 Å². The molecule has 0 aliphatic rings. The zero-order chi connectivity index (χ0) is 13.8. The maximum absolute atomic E-state index is 11.2. The van der Waals surface area contributed by atoms with Crippen LogP contribution < -0.4 is 0 Å². The fraction of sp³-hybridized carbons (Fsp3) is 0.455. The van der Waals surface area contributed by atoms with Crippen molar-refractivity contribution >= 4 is 17.7 Å². The number of aromatic carboxylic acids is 1. The Kier molecular flexibility index (Phi) is 4.20. The molecule has 0 saturated heterocycles. The number of rotatable bonds is 6. The van der Waals surface area contributed by atoms with Crippen LogP contribution in [0.25, 0.3) is 11.5 Å². The number of hydrogen-bond donors (Lipinski definition) is 1. The summed E-state index contributed by atoms with van der Waals surface area (Å²) in [7, 11) is 1.81. The van der Waals surface area contributed by atoms with E-state index in [1.807, 2.05) is 13.3 Å². The molecule has 0 radical (unpaired) electrons. The van der Waals surface area contributed by atoms with Gasteiger partial charge in [-0.05, 0) is 18.4 Å². The van der Waals surface area contributed by atoms with Gasteiger partial charge in [-0.15, -0.1) is 5.10 Å². The van der Waals surface area contributed by atoms with Gasteiger partial charge in [0.25, 0.3) is 0 Å². The fourth-order valence-electron chi connectivity index (χ4n) is 1.79. The smallest absolute Gasteiger partial charge is 0.358 e. The maximum Gasteiger partial charge on any atom is 0.358 e. The van der Waals surface area contributed by atoms with Crippen molar-refractivity contribution in [2.24, 2.45) is 7.05 Å². The van der Waals surface area contributed by atoms with Crippen LogP contribution in [0.3, 0.4) is 0 Å². The monoisotopic (exact) mass is 281 g/mol. The number of hydrogen-bond acceptors (Lipinski definition) is 5. The summed E-state index contributed by atoms with van der Waals surface area (Å²) in [5.41, 5.74) is 0.402.